The highest BCUT2D eigenvalue weighted by Gasteiger charge is 2.27. The van der Waals surface area contributed by atoms with Gasteiger partial charge in [0.1, 0.15) is 0 Å². The summed E-state index contributed by atoms with van der Waals surface area (Å²) in [5.74, 6) is 1.44. The van der Waals surface area contributed by atoms with E-state index < -0.39 is 0 Å². The molecule has 0 spiro atoms. The van der Waals surface area contributed by atoms with Crippen LogP contribution in [0.3, 0.4) is 0 Å². The minimum atomic E-state index is 0.453. The standard InChI is InChI=1S/C13H24O/c1-10(2)9-14-13(11(3)4)12-7-5-6-8-12/h11-13H,1,5-9H2,2-4H3/t13-/m0/s1. The van der Waals surface area contributed by atoms with Crippen LogP contribution < -0.4 is 0 Å². The number of hydrogen-bond donors (Lipinski definition) is 0. The highest BCUT2D eigenvalue weighted by atomic mass is 16.5. The Kier molecular flexibility index (Phi) is 4.67. The highest BCUT2D eigenvalue weighted by Crippen LogP contribution is 2.32. The zero-order chi connectivity index (χ0) is 10.6. The summed E-state index contributed by atoms with van der Waals surface area (Å²) in [6.45, 7) is 11.2. The van der Waals surface area contributed by atoms with Gasteiger partial charge in [-0.3, -0.25) is 0 Å². The molecule has 0 unspecified atom stereocenters. The Morgan fingerprint density at radius 3 is 2.36 bits per heavy atom. The van der Waals surface area contributed by atoms with Crippen LogP contribution in [0.5, 0.6) is 0 Å². The van der Waals surface area contributed by atoms with Crippen LogP contribution in [0.2, 0.25) is 0 Å². The second kappa shape index (κ2) is 5.55. The van der Waals surface area contributed by atoms with Crippen LogP contribution in [0, 0.1) is 11.8 Å². The Morgan fingerprint density at radius 1 is 1.36 bits per heavy atom. The van der Waals surface area contributed by atoms with Gasteiger partial charge >= 0.3 is 0 Å². The summed E-state index contributed by atoms with van der Waals surface area (Å²) in [5, 5.41) is 0. The lowest BCUT2D eigenvalue weighted by molar-refractivity contribution is -0.00416. The summed E-state index contributed by atoms with van der Waals surface area (Å²) in [6, 6.07) is 0. The molecule has 1 atom stereocenters. The molecular formula is C13H24O. The molecule has 0 heterocycles. The molecule has 0 saturated heterocycles. The van der Waals surface area contributed by atoms with Crippen LogP contribution in [0.4, 0.5) is 0 Å². The molecule has 0 bridgehead atoms. The Hall–Kier alpha value is -0.300. The van der Waals surface area contributed by atoms with Gasteiger partial charge in [-0.05, 0) is 31.6 Å². The fourth-order valence-corrected chi connectivity index (χ4v) is 2.40. The molecule has 0 aromatic rings. The third-order valence-electron chi connectivity index (χ3n) is 3.04. The van der Waals surface area contributed by atoms with Crippen LogP contribution in [-0.4, -0.2) is 12.7 Å². The average Bonchev–Trinajstić information content (AvgIpc) is 2.56. The first-order valence-electron chi connectivity index (χ1n) is 5.87. The Labute approximate surface area is 88.5 Å². The predicted octanol–water partition coefficient (Wildman–Crippen LogP) is 3.79. The third-order valence-corrected chi connectivity index (χ3v) is 3.04. The monoisotopic (exact) mass is 196 g/mol. The van der Waals surface area contributed by atoms with Crippen molar-refractivity contribution in [3.63, 3.8) is 0 Å². The Bertz CT molecular complexity index is 178. The summed E-state index contributed by atoms with van der Waals surface area (Å²) in [5.41, 5.74) is 1.13. The molecule has 14 heavy (non-hydrogen) atoms. The van der Waals surface area contributed by atoms with Gasteiger partial charge < -0.3 is 4.74 Å². The minimum absolute atomic E-state index is 0.453. The molecule has 1 aliphatic rings. The van der Waals surface area contributed by atoms with E-state index in [0.717, 1.165) is 18.1 Å². The second-order valence-electron chi connectivity index (χ2n) is 5.02. The van der Waals surface area contributed by atoms with Crippen LogP contribution >= 0.6 is 0 Å². The summed E-state index contributed by atoms with van der Waals surface area (Å²) in [4.78, 5) is 0. The van der Waals surface area contributed by atoms with Crippen LogP contribution in [0.25, 0.3) is 0 Å². The molecule has 0 N–H and O–H groups in total. The number of hydrogen-bond acceptors (Lipinski definition) is 1. The van der Waals surface area contributed by atoms with Gasteiger partial charge in [0, 0.05) is 0 Å². The maximum atomic E-state index is 5.95. The van der Waals surface area contributed by atoms with Gasteiger partial charge in [0.05, 0.1) is 12.7 Å². The van der Waals surface area contributed by atoms with E-state index in [1.54, 1.807) is 0 Å². The quantitative estimate of drug-likeness (QED) is 0.608. The zero-order valence-corrected chi connectivity index (χ0v) is 9.88. The lowest BCUT2D eigenvalue weighted by Crippen LogP contribution is -2.28. The topological polar surface area (TPSA) is 9.23 Å². The fourth-order valence-electron chi connectivity index (χ4n) is 2.40. The normalized spacial score (nSPS) is 20.3. The van der Waals surface area contributed by atoms with Crippen molar-refractivity contribution in [2.24, 2.45) is 11.8 Å². The van der Waals surface area contributed by atoms with Crippen LogP contribution in [0.1, 0.15) is 46.5 Å². The SMILES string of the molecule is C=C(C)CO[C@@H](C(C)C)C1CCCC1. The molecule has 0 radical (unpaired) electrons. The first kappa shape index (κ1) is 11.8. The van der Waals surface area contributed by atoms with Crippen molar-refractivity contribution < 1.29 is 4.74 Å². The molecule has 0 aromatic carbocycles. The van der Waals surface area contributed by atoms with Crippen molar-refractivity contribution in [2.75, 3.05) is 6.61 Å². The molecule has 1 rings (SSSR count). The second-order valence-corrected chi connectivity index (χ2v) is 5.02. The largest absolute Gasteiger partial charge is 0.373 e. The summed E-state index contributed by atoms with van der Waals surface area (Å²) in [7, 11) is 0. The van der Waals surface area contributed by atoms with Crippen molar-refractivity contribution in [2.45, 2.75) is 52.6 Å². The molecule has 0 aliphatic heterocycles. The molecule has 0 amide bonds. The molecular weight excluding hydrogens is 172 g/mol. The minimum Gasteiger partial charge on any atom is -0.373 e. The lowest BCUT2D eigenvalue weighted by Gasteiger charge is -2.27. The summed E-state index contributed by atoms with van der Waals surface area (Å²) in [6.07, 6.45) is 5.96. The van der Waals surface area contributed by atoms with E-state index in [-0.39, 0.29) is 0 Å². The Morgan fingerprint density at radius 2 is 1.93 bits per heavy atom. The van der Waals surface area contributed by atoms with Crippen molar-refractivity contribution in [1.29, 1.82) is 0 Å². The zero-order valence-electron chi connectivity index (χ0n) is 9.88. The highest BCUT2D eigenvalue weighted by molar-refractivity contribution is 4.89. The molecule has 1 saturated carbocycles. The van der Waals surface area contributed by atoms with E-state index in [1.165, 1.54) is 25.7 Å². The van der Waals surface area contributed by atoms with Gasteiger partial charge in [0.15, 0.2) is 0 Å². The maximum Gasteiger partial charge on any atom is 0.0675 e. The molecule has 82 valence electrons. The molecule has 0 aromatic heterocycles. The van der Waals surface area contributed by atoms with Gasteiger partial charge in [0.25, 0.3) is 0 Å². The van der Waals surface area contributed by atoms with Gasteiger partial charge in [-0.2, -0.15) is 0 Å². The molecule has 1 aliphatic carbocycles. The fraction of sp³-hybridized carbons (Fsp3) is 0.846. The first-order valence-corrected chi connectivity index (χ1v) is 5.87. The van der Waals surface area contributed by atoms with Gasteiger partial charge in [-0.15, -0.1) is 0 Å². The van der Waals surface area contributed by atoms with Crippen LogP contribution in [0.15, 0.2) is 12.2 Å². The smallest absolute Gasteiger partial charge is 0.0675 e. The van der Waals surface area contributed by atoms with Crippen LogP contribution in [-0.2, 0) is 4.74 Å². The lowest BCUT2D eigenvalue weighted by atomic mass is 9.92. The average molecular weight is 196 g/mol. The van der Waals surface area contributed by atoms with Crippen molar-refractivity contribution in [3.05, 3.63) is 12.2 Å². The molecule has 1 heteroatoms. The number of rotatable bonds is 5. The maximum absolute atomic E-state index is 5.95. The van der Waals surface area contributed by atoms with Crippen molar-refractivity contribution >= 4 is 0 Å². The van der Waals surface area contributed by atoms with E-state index in [0.29, 0.717) is 12.0 Å². The van der Waals surface area contributed by atoms with E-state index in [1.807, 2.05) is 6.92 Å². The molecule has 1 nitrogen and oxygen atoms in total. The summed E-state index contributed by atoms with van der Waals surface area (Å²) >= 11 is 0. The van der Waals surface area contributed by atoms with E-state index in [4.69, 9.17) is 4.74 Å². The first-order chi connectivity index (χ1) is 6.61. The van der Waals surface area contributed by atoms with E-state index in [9.17, 15) is 0 Å². The molecule has 1 fully saturated rings. The Balaban J connectivity index is 2.41. The van der Waals surface area contributed by atoms with Crippen molar-refractivity contribution in [3.8, 4) is 0 Å². The third kappa shape index (κ3) is 3.45. The van der Waals surface area contributed by atoms with Gasteiger partial charge in [-0.1, -0.05) is 38.8 Å². The van der Waals surface area contributed by atoms with E-state index >= 15 is 0 Å². The number of ether oxygens (including phenoxy) is 1. The van der Waals surface area contributed by atoms with Gasteiger partial charge in [-0.25, -0.2) is 0 Å². The van der Waals surface area contributed by atoms with Gasteiger partial charge in [0.2, 0.25) is 0 Å². The van der Waals surface area contributed by atoms with Crippen molar-refractivity contribution in [1.82, 2.24) is 0 Å². The predicted molar refractivity (Wildman–Crippen MR) is 61.4 cm³/mol. The summed E-state index contributed by atoms with van der Waals surface area (Å²) < 4.78 is 5.95. The van der Waals surface area contributed by atoms with E-state index in [2.05, 4.69) is 20.4 Å².